The number of nitrogens with zero attached hydrogens (tertiary/aromatic N) is 1. The van der Waals surface area contributed by atoms with Gasteiger partial charge in [0.05, 0.1) is 12.3 Å². The lowest BCUT2D eigenvalue weighted by atomic mass is 9.89. The van der Waals surface area contributed by atoms with Gasteiger partial charge in [-0.25, -0.2) is 0 Å². The number of hydrogen-bond acceptors (Lipinski definition) is 4. The Morgan fingerprint density at radius 1 is 1.39 bits per heavy atom. The number of nitrogens with one attached hydrogen (secondary N) is 1. The maximum absolute atomic E-state index is 12.4. The van der Waals surface area contributed by atoms with Crippen LogP contribution in [-0.2, 0) is 12.8 Å². The van der Waals surface area contributed by atoms with Crippen LogP contribution in [0.25, 0.3) is 0 Å². The van der Waals surface area contributed by atoms with Crippen LogP contribution in [0.5, 0.6) is 5.75 Å². The smallest absolute Gasteiger partial charge is 0.258 e. The number of ether oxygens (including phenoxy) is 1. The van der Waals surface area contributed by atoms with Gasteiger partial charge in [0.2, 0.25) is 5.88 Å². The van der Waals surface area contributed by atoms with E-state index < -0.39 is 0 Å². The molecule has 122 valence electrons. The first-order valence-corrected chi connectivity index (χ1v) is 8.19. The van der Waals surface area contributed by atoms with Gasteiger partial charge < -0.3 is 9.26 Å². The molecule has 1 amide bonds. The fourth-order valence-electron chi connectivity index (χ4n) is 2.78. The molecule has 23 heavy (non-hydrogen) atoms. The molecule has 1 N–H and O–H groups in total. The van der Waals surface area contributed by atoms with Crippen LogP contribution >= 0.6 is 0 Å². The van der Waals surface area contributed by atoms with Crippen molar-refractivity contribution in [1.29, 1.82) is 0 Å². The van der Waals surface area contributed by atoms with E-state index >= 15 is 0 Å². The van der Waals surface area contributed by atoms with E-state index in [0.717, 1.165) is 42.7 Å². The molecule has 1 atom stereocenters. The van der Waals surface area contributed by atoms with Crippen molar-refractivity contribution in [1.82, 2.24) is 5.16 Å². The van der Waals surface area contributed by atoms with Crippen molar-refractivity contribution < 1.29 is 14.1 Å². The first-order chi connectivity index (χ1) is 11.2. The van der Waals surface area contributed by atoms with Gasteiger partial charge in [0.15, 0.2) is 0 Å². The Morgan fingerprint density at radius 3 is 2.91 bits per heavy atom. The van der Waals surface area contributed by atoms with Crippen molar-refractivity contribution in [3.05, 3.63) is 41.1 Å². The van der Waals surface area contributed by atoms with Gasteiger partial charge in [-0.2, -0.15) is 0 Å². The summed E-state index contributed by atoms with van der Waals surface area (Å²) in [5.41, 5.74) is 2.59. The number of aryl methyl sites for hydroxylation is 1. The number of benzene rings is 1. The zero-order valence-electron chi connectivity index (χ0n) is 13.6. The van der Waals surface area contributed by atoms with E-state index in [1.165, 1.54) is 0 Å². The third-order valence-electron chi connectivity index (χ3n) is 4.11. The second kappa shape index (κ2) is 6.86. The molecule has 0 aliphatic heterocycles. The molecule has 0 bridgehead atoms. The second-order valence-electron chi connectivity index (χ2n) is 6.11. The number of hydrogen-bond donors (Lipinski definition) is 1. The number of carbonyl (C=O) groups is 1. The molecule has 1 heterocycles. The normalized spacial score (nSPS) is 16.7. The van der Waals surface area contributed by atoms with E-state index in [0.29, 0.717) is 24.0 Å². The Balaban J connectivity index is 1.69. The summed E-state index contributed by atoms with van der Waals surface area (Å²) in [5.74, 6) is 1.66. The van der Waals surface area contributed by atoms with E-state index in [-0.39, 0.29) is 5.91 Å². The largest absolute Gasteiger partial charge is 0.494 e. The first kappa shape index (κ1) is 15.6. The molecular weight excluding hydrogens is 292 g/mol. The number of anilines is 1. The lowest BCUT2D eigenvalue weighted by Gasteiger charge is -2.16. The summed E-state index contributed by atoms with van der Waals surface area (Å²) in [7, 11) is 0. The van der Waals surface area contributed by atoms with Crippen LogP contribution in [0.15, 0.2) is 28.8 Å². The molecular formula is C18H22N2O3. The van der Waals surface area contributed by atoms with E-state index in [9.17, 15) is 4.79 Å². The zero-order chi connectivity index (χ0) is 16.2. The summed E-state index contributed by atoms with van der Waals surface area (Å²) >= 11 is 0. The lowest BCUT2D eigenvalue weighted by Crippen LogP contribution is -2.15. The van der Waals surface area contributed by atoms with Gasteiger partial charge in [-0.05, 0) is 55.9 Å². The van der Waals surface area contributed by atoms with E-state index in [1.54, 1.807) is 12.1 Å². The van der Waals surface area contributed by atoms with Crippen LogP contribution < -0.4 is 10.1 Å². The monoisotopic (exact) mass is 314 g/mol. The van der Waals surface area contributed by atoms with Gasteiger partial charge in [0.1, 0.15) is 5.75 Å². The number of rotatable bonds is 5. The molecule has 2 aromatic rings. The van der Waals surface area contributed by atoms with Gasteiger partial charge in [-0.15, -0.1) is 0 Å². The first-order valence-electron chi connectivity index (χ1n) is 8.19. The lowest BCUT2D eigenvalue weighted by molar-refractivity contribution is 0.102. The summed E-state index contributed by atoms with van der Waals surface area (Å²) in [5, 5.41) is 6.92. The molecule has 1 aromatic carbocycles. The highest BCUT2D eigenvalue weighted by atomic mass is 16.5. The predicted molar refractivity (Wildman–Crippen MR) is 87.9 cm³/mol. The standard InChI is InChI=1S/C18H22N2O3/c1-3-10-22-14-7-5-13(6-8-14)17(21)19-18-15-11-12(2)4-9-16(15)20-23-18/h5-8,12H,3-4,9-11H2,1-2H3,(H,19,21). The molecule has 0 radical (unpaired) electrons. The second-order valence-corrected chi connectivity index (χ2v) is 6.11. The van der Waals surface area contributed by atoms with Crippen molar-refractivity contribution in [3.8, 4) is 5.75 Å². The summed E-state index contributed by atoms with van der Waals surface area (Å²) in [6.45, 7) is 4.94. The molecule has 1 aliphatic carbocycles. The van der Waals surface area contributed by atoms with Crippen molar-refractivity contribution in [2.45, 2.75) is 39.5 Å². The minimum atomic E-state index is -0.191. The molecule has 3 rings (SSSR count). The van der Waals surface area contributed by atoms with Crippen molar-refractivity contribution in [3.63, 3.8) is 0 Å². The van der Waals surface area contributed by atoms with Crippen LogP contribution in [-0.4, -0.2) is 17.7 Å². The van der Waals surface area contributed by atoms with Crippen LogP contribution in [0.4, 0.5) is 5.88 Å². The highest BCUT2D eigenvalue weighted by Gasteiger charge is 2.24. The summed E-state index contributed by atoms with van der Waals surface area (Å²) in [6.07, 6.45) is 3.89. The molecule has 1 aliphatic rings. The molecule has 0 fully saturated rings. The van der Waals surface area contributed by atoms with Gasteiger partial charge >= 0.3 is 0 Å². The van der Waals surface area contributed by atoms with Crippen LogP contribution in [0, 0.1) is 5.92 Å². The third-order valence-corrected chi connectivity index (χ3v) is 4.11. The van der Waals surface area contributed by atoms with E-state index in [1.807, 2.05) is 12.1 Å². The quantitative estimate of drug-likeness (QED) is 0.910. The fourth-order valence-corrected chi connectivity index (χ4v) is 2.78. The maximum atomic E-state index is 12.4. The minimum absolute atomic E-state index is 0.191. The van der Waals surface area contributed by atoms with Crippen molar-refractivity contribution in [2.24, 2.45) is 5.92 Å². The van der Waals surface area contributed by atoms with Gasteiger partial charge in [-0.3, -0.25) is 10.1 Å². The Kier molecular flexibility index (Phi) is 4.65. The maximum Gasteiger partial charge on any atom is 0.258 e. The Bertz CT molecular complexity index is 676. The number of carbonyl (C=O) groups excluding carboxylic acids is 1. The third kappa shape index (κ3) is 3.55. The van der Waals surface area contributed by atoms with E-state index in [2.05, 4.69) is 24.3 Å². The zero-order valence-corrected chi connectivity index (χ0v) is 13.6. The molecule has 5 nitrogen and oxygen atoms in total. The summed E-state index contributed by atoms with van der Waals surface area (Å²) in [4.78, 5) is 12.4. The number of amides is 1. The molecule has 1 unspecified atom stereocenters. The van der Waals surface area contributed by atoms with Crippen molar-refractivity contribution in [2.75, 3.05) is 11.9 Å². The Hall–Kier alpha value is -2.30. The number of aromatic nitrogens is 1. The van der Waals surface area contributed by atoms with Crippen molar-refractivity contribution >= 4 is 11.8 Å². The molecule has 0 saturated heterocycles. The molecule has 5 heteroatoms. The summed E-state index contributed by atoms with van der Waals surface area (Å²) in [6, 6.07) is 7.13. The van der Waals surface area contributed by atoms with Gasteiger partial charge in [0.25, 0.3) is 5.91 Å². The molecule has 1 aromatic heterocycles. The minimum Gasteiger partial charge on any atom is -0.494 e. The van der Waals surface area contributed by atoms with E-state index in [4.69, 9.17) is 9.26 Å². The van der Waals surface area contributed by atoms with Gasteiger partial charge in [-0.1, -0.05) is 19.0 Å². The fraction of sp³-hybridized carbons (Fsp3) is 0.444. The average molecular weight is 314 g/mol. The predicted octanol–water partition coefficient (Wildman–Crippen LogP) is 3.84. The Morgan fingerprint density at radius 2 is 2.17 bits per heavy atom. The average Bonchev–Trinajstić information content (AvgIpc) is 2.95. The number of fused-ring (bicyclic) bond motifs is 1. The SMILES string of the molecule is CCCOc1ccc(C(=O)Nc2onc3c2CC(C)CC3)cc1. The van der Waals surface area contributed by atoms with Crippen LogP contribution in [0.3, 0.4) is 0 Å². The highest BCUT2D eigenvalue weighted by Crippen LogP contribution is 2.30. The van der Waals surface area contributed by atoms with Crippen LogP contribution in [0.1, 0.15) is 48.3 Å². The van der Waals surface area contributed by atoms with Crippen LogP contribution in [0.2, 0.25) is 0 Å². The molecule has 0 spiro atoms. The van der Waals surface area contributed by atoms with Gasteiger partial charge in [0, 0.05) is 11.1 Å². The highest BCUT2D eigenvalue weighted by molar-refractivity contribution is 6.03. The topological polar surface area (TPSA) is 64.4 Å². The summed E-state index contributed by atoms with van der Waals surface area (Å²) < 4.78 is 10.8. The Labute approximate surface area is 136 Å². The molecule has 0 saturated carbocycles.